The highest BCUT2D eigenvalue weighted by Crippen LogP contribution is 2.33. The van der Waals surface area contributed by atoms with E-state index in [0.29, 0.717) is 23.7 Å². The summed E-state index contributed by atoms with van der Waals surface area (Å²) in [5, 5.41) is 26.8. The first-order chi connectivity index (χ1) is 8.91. The maximum atomic E-state index is 11.7. The van der Waals surface area contributed by atoms with E-state index in [9.17, 15) is 14.7 Å². The lowest BCUT2D eigenvalue weighted by molar-refractivity contribution is -0.246. The molecule has 8 heteroatoms. The highest BCUT2D eigenvalue weighted by molar-refractivity contribution is 6.06. The lowest BCUT2D eigenvalue weighted by Gasteiger charge is -2.46. The van der Waals surface area contributed by atoms with E-state index in [1.807, 2.05) is 0 Å². The van der Waals surface area contributed by atoms with Crippen LogP contribution in [-0.4, -0.2) is 46.3 Å². The summed E-state index contributed by atoms with van der Waals surface area (Å²) in [5.41, 5.74) is 6.38. The molecule has 0 radical (unpaired) electrons. The van der Waals surface area contributed by atoms with Crippen molar-refractivity contribution < 1.29 is 19.8 Å². The molecule has 2 aliphatic heterocycles. The first-order valence-corrected chi connectivity index (χ1v) is 5.72. The minimum atomic E-state index is -1.28. The first-order valence-electron chi connectivity index (χ1n) is 5.72. The summed E-state index contributed by atoms with van der Waals surface area (Å²) in [6.07, 6.45) is 2.47. The third-order valence-corrected chi connectivity index (χ3v) is 3.25. The SMILES string of the molecule is N=C([O-])N1C(=O)[C@H](CC2=CC(N)=NCC2)[C@H]1C(=O)O. The lowest BCUT2D eigenvalue weighted by atomic mass is 9.81. The second kappa shape index (κ2) is 4.71. The normalized spacial score (nSPS) is 26.3. The predicted octanol–water partition coefficient (Wildman–Crippen LogP) is -1.73. The van der Waals surface area contributed by atoms with E-state index in [-0.39, 0.29) is 6.42 Å². The van der Waals surface area contributed by atoms with Crippen molar-refractivity contribution in [1.29, 1.82) is 5.41 Å². The van der Waals surface area contributed by atoms with Crippen molar-refractivity contribution in [3.05, 3.63) is 11.6 Å². The van der Waals surface area contributed by atoms with Crippen molar-refractivity contribution in [2.75, 3.05) is 6.54 Å². The Labute approximate surface area is 108 Å². The summed E-state index contributed by atoms with van der Waals surface area (Å²) in [5.74, 6) is -2.34. The Morgan fingerprint density at radius 3 is 2.89 bits per heavy atom. The third kappa shape index (κ3) is 2.28. The van der Waals surface area contributed by atoms with Crippen LogP contribution in [0.25, 0.3) is 0 Å². The van der Waals surface area contributed by atoms with Crippen molar-refractivity contribution in [2.45, 2.75) is 18.9 Å². The van der Waals surface area contributed by atoms with Gasteiger partial charge in [-0.05, 0) is 18.9 Å². The molecule has 0 bridgehead atoms. The number of carbonyl (C=O) groups is 2. The van der Waals surface area contributed by atoms with Gasteiger partial charge in [-0.3, -0.25) is 20.1 Å². The molecule has 0 aromatic rings. The van der Waals surface area contributed by atoms with Crippen molar-refractivity contribution in [3.63, 3.8) is 0 Å². The van der Waals surface area contributed by atoms with Gasteiger partial charge in [0.2, 0.25) is 5.91 Å². The average molecular weight is 265 g/mol. The molecule has 2 rings (SSSR count). The van der Waals surface area contributed by atoms with Gasteiger partial charge in [-0.1, -0.05) is 5.57 Å². The fraction of sp³-hybridized carbons (Fsp3) is 0.455. The number of carbonyl (C=O) groups excluding carboxylic acids is 1. The zero-order valence-electron chi connectivity index (χ0n) is 10.00. The number of likely N-dealkylation sites (tertiary alicyclic amines) is 1. The van der Waals surface area contributed by atoms with Gasteiger partial charge in [0.1, 0.15) is 11.9 Å². The Balaban J connectivity index is 2.12. The molecule has 2 atom stereocenters. The number of hydrogen-bond acceptors (Lipinski definition) is 6. The quantitative estimate of drug-likeness (QED) is 0.315. The van der Waals surface area contributed by atoms with Crippen LogP contribution in [0.5, 0.6) is 0 Å². The van der Waals surface area contributed by atoms with E-state index >= 15 is 0 Å². The third-order valence-electron chi connectivity index (χ3n) is 3.25. The smallest absolute Gasteiger partial charge is 0.327 e. The van der Waals surface area contributed by atoms with Crippen molar-refractivity contribution in [2.24, 2.45) is 16.6 Å². The summed E-state index contributed by atoms with van der Waals surface area (Å²) in [6.45, 7) is 0.511. The number of carboxylic acid groups (broad SMARTS) is 1. The van der Waals surface area contributed by atoms with Gasteiger partial charge in [-0.25, -0.2) is 4.79 Å². The molecule has 0 saturated carbocycles. The highest BCUT2D eigenvalue weighted by atomic mass is 16.4. The van der Waals surface area contributed by atoms with Crippen molar-refractivity contribution in [3.8, 4) is 0 Å². The van der Waals surface area contributed by atoms with Crippen LogP contribution in [0, 0.1) is 11.3 Å². The zero-order chi connectivity index (χ0) is 14.2. The van der Waals surface area contributed by atoms with Crippen LogP contribution < -0.4 is 10.8 Å². The average Bonchev–Trinajstić information content (AvgIpc) is 2.31. The summed E-state index contributed by atoms with van der Waals surface area (Å²) in [6, 6.07) is -2.54. The zero-order valence-corrected chi connectivity index (χ0v) is 10.00. The molecular formula is C11H13N4O4-. The number of carboxylic acids is 1. The van der Waals surface area contributed by atoms with Crippen LogP contribution in [0.4, 0.5) is 0 Å². The molecule has 0 spiro atoms. The Morgan fingerprint density at radius 2 is 2.37 bits per heavy atom. The number of nitrogens with two attached hydrogens (primary N) is 1. The molecule has 0 aromatic carbocycles. The fourth-order valence-corrected chi connectivity index (χ4v) is 2.36. The Kier molecular flexibility index (Phi) is 3.24. The maximum absolute atomic E-state index is 11.7. The number of nitrogens with one attached hydrogen (secondary N) is 1. The van der Waals surface area contributed by atoms with E-state index in [1.54, 1.807) is 6.08 Å². The van der Waals surface area contributed by atoms with Gasteiger partial charge in [-0.2, -0.15) is 0 Å². The number of hydrogen-bond donors (Lipinski definition) is 3. The molecule has 0 unspecified atom stereocenters. The van der Waals surface area contributed by atoms with Gasteiger partial charge in [0.25, 0.3) is 0 Å². The summed E-state index contributed by atoms with van der Waals surface area (Å²) in [7, 11) is 0. The minimum absolute atomic E-state index is 0.232. The molecule has 4 N–H and O–H groups in total. The number of rotatable bonds is 3. The molecule has 2 aliphatic rings. The van der Waals surface area contributed by atoms with E-state index in [4.69, 9.17) is 16.2 Å². The number of amidine groups is 2. The standard InChI is InChI=1S/C11H14N4O4/c12-7-4-5(1-2-14-7)3-6-8(10(17)18)15(9(6)16)11(13)19/h4,6,8H,1-3H2,(H2,12,14)(H2,13,19)(H,17,18)/p-1/t6-,8+/m1/s1. The van der Waals surface area contributed by atoms with Gasteiger partial charge >= 0.3 is 5.97 Å². The number of aliphatic carboxylic acids is 1. The molecule has 0 aromatic heterocycles. The summed E-state index contributed by atoms with van der Waals surface area (Å²) in [4.78, 5) is 27.2. The first kappa shape index (κ1) is 13.1. The molecule has 0 aliphatic carbocycles. The second-order valence-electron chi connectivity index (χ2n) is 4.47. The molecule has 8 nitrogen and oxygen atoms in total. The van der Waals surface area contributed by atoms with Gasteiger partial charge < -0.3 is 15.9 Å². The topological polar surface area (TPSA) is 143 Å². The molecule has 1 fully saturated rings. The Morgan fingerprint density at radius 1 is 1.68 bits per heavy atom. The molecule has 1 amide bonds. The minimum Gasteiger partial charge on any atom is -0.846 e. The van der Waals surface area contributed by atoms with E-state index < -0.39 is 29.9 Å². The number of aliphatic imine (C=N–C) groups is 1. The molecule has 19 heavy (non-hydrogen) atoms. The predicted molar refractivity (Wildman–Crippen MR) is 63.3 cm³/mol. The molecular weight excluding hydrogens is 252 g/mol. The number of nitrogens with zero attached hydrogens (tertiary/aromatic N) is 2. The van der Waals surface area contributed by atoms with Crippen LogP contribution in [0.1, 0.15) is 12.8 Å². The Hall–Kier alpha value is -2.38. The fourth-order valence-electron chi connectivity index (χ4n) is 2.36. The number of dihydropyridines is 1. The summed E-state index contributed by atoms with van der Waals surface area (Å²) >= 11 is 0. The second-order valence-corrected chi connectivity index (χ2v) is 4.47. The van der Waals surface area contributed by atoms with Gasteiger partial charge in [0.15, 0.2) is 0 Å². The van der Waals surface area contributed by atoms with E-state index in [0.717, 1.165) is 5.57 Å². The number of amides is 1. The molecule has 1 saturated heterocycles. The molecule has 2 heterocycles. The van der Waals surface area contributed by atoms with Crippen LogP contribution in [0.3, 0.4) is 0 Å². The highest BCUT2D eigenvalue weighted by Gasteiger charge is 2.51. The van der Waals surface area contributed by atoms with Crippen molar-refractivity contribution in [1.82, 2.24) is 4.90 Å². The van der Waals surface area contributed by atoms with E-state index in [2.05, 4.69) is 4.99 Å². The van der Waals surface area contributed by atoms with Gasteiger partial charge in [0, 0.05) is 6.54 Å². The van der Waals surface area contributed by atoms with E-state index in [1.165, 1.54) is 0 Å². The monoisotopic (exact) mass is 265 g/mol. The maximum Gasteiger partial charge on any atom is 0.327 e. The van der Waals surface area contributed by atoms with Crippen LogP contribution in [0.15, 0.2) is 16.6 Å². The van der Waals surface area contributed by atoms with Crippen molar-refractivity contribution >= 4 is 23.7 Å². The van der Waals surface area contributed by atoms with Gasteiger partial charge in [0.05, 0.1) is 11.9 Å². The van der Waals surface area contributed by atoms with Crippen LogP contribution in [-0.2, 0) is 9.59 Å². The molecule has 102 valence electrons. The lowest BCUT2D eigenvalue weighted by Crippen LogP contribution is -2.68. The number of β-lactam (4-membered cyclic amide) rings is 1. The van der Waals surface area contributed by atoms with Gasteiger partial charge in [-0.15, -0.1) is 0 Å². The largest absolute Gasteiger partial charge is 0.846 e. The van der Waals surface area contributed by atoms with Crippen LogP contribution in [0.2, 0.25) is 0 Å². The Bertz CT molecular complexity index is 511. The van der Waals surface area contributed by atoms with Crippen LogP contribution >= 0.6 is 0 Å². The summed E-state index contributed by atoms with van der Waals surface area (Å²) < 4.78 is 0.